The van der Waals surface area contributed by atoms with Crippen molar-refractivity contribution in [2.75, 3.05) is 0 Å². The molecule has 1 heterocycles. The third-order valence-electron chi connectivity index (χ3n) is 1.25. The van der Waals surface area contributed by atoms with E-state index in [0.717, 1.165) is 0 Å². The topological polar surface area (TPSA) is 4.93 Å². The van der Waals surface area contributed by atoms with Crippen LogP contribution in [0.5, 0.6) is 0 Å². The first-order chi connectivity index (χ1) is 4.63. The fourth-order valence-electron chi connectivity index (χ4n) is 0.619. The molecule has 0 fully saturated rings. The van der Waals surface area contributed by atoms with Gasteiger partial charge in [0, 0.05) is 0 Å². The molecule has 0 bridgehead atoms. The maximum absolute atomic E-state index is 2.71. The van der Waals surface area contributed by atoms with E-state index in [9.17, 15) is 0 Å². The van der Waals surface area contributed by atoms with Crippen molar-refractivity contribution >= 4 is 37.5 Å². The van der Waals surface area contributed by atoms with Gasteiger partial charge in [-0.25, -0.2) is 0 Å². The summed E-state index contributed by atoms with van der Waals surface area (Å²) in [6, 6.07) is 4.26. The van der Waals surface area contributed by atoms with Crippen LogP contribution in [0.3, 0.4) is 0 Å². The summed E-state index contributed by atoms with van der Waals surface area (Å²) in [4.78, 5) is 0. The van der Waals surface area contributed by atoms with E-state index < -0.39 is 0 Å². The van der Waals surface area contributed by atoms with E-state index in [2.05, 4.69) is 53.9 Å². The van der Waals surface area contributed by atoms with E-state index in [1.807, 2.05) is 0 Å². The quantitative estimate of drug-likeness (QED) is 0.431. The second-order valence-corrected chi connectivity index (χ2v) is 4.97. The van der Waals surface area contributed by atoms with Crippen LogP contribution in [0.15, 0.2) is 12.1 Å². The van der Waals surface area contributed by atoms with Crippen molar-refractivity contribution in [2.45, 2.75) is 6.92 Å². The monoisotopic (exact) mass is 435 g/mol. The summed E-state index contributed by atoms with van der Waals surface area (Å²) in [5.41, 5.74) is 2.60. The van der Waals surface area contributed by atoms with Gasteiger partial charge >= 0.3 is 88.0 Å². The van der Waals surface area contributed by atoms with Crippen LogP contribution in [-0.4, -0.2) is 2.78 Å². The number of aryl methyl sites for hydroxylation is 1. The van der Waals surface area contributed by atoms with Crippen LogP contribution in [0.4, 0.5) is 0 Å². The summed E-state index contributed by atoms with van der Waals surface area (Å²) < 4.78 is 3.57. The number of rotatable bonds is 0. The zero-order chi connectivity index (χ0) is 7.72. The molecule has 0 N–H and O–H groups in total. The number of aromatic nitrogens is 1. The Labute approximate surface area is 87.3 Å². The van der Waals surface area contributed by atoms with Gasteiger partial charge in [-0.2, -0.15) is 0 Å². The number of pyridine rings is 1. The number of halogens is 1. The van der Waals surface area contributed by atoms with Crippen LogP contribution in [0, 0.1) is 10.6 Å². The van der Waals surface area contributed by atoms with Crippen molar-refractivity contribution in [1.82, 2.24) is 2.78 Å². The van der Waals surface area contributed by atoms with Gasteiger partial charge in [0.15, 0.2) is 0 Å². The van der Waals surface area contributed by atoms with Gasteiger partial charge in [-0.1, -0.05) is 0 Å². The first-order valence-corrected chi connectivity index (χ1v) is 5.78. The van der Waals surface area contributed by atoms with E-state index in [-0.39, 0.29) is 0 Å². The van der Waals surface area contributed by atoms with Crippen molar-refractivity contribution in [3.8, 4) is 0 Å². The van der Waals surface area contributed by atoms with E-state index in [4.69, 9.17) is 0 Å². The molecule has 1 aromatic rings. The molecule has 1 unspecified atom stereocenters. The average Bonchev–Trinajstić information content (AvgIpc) is 1.93. The molecule has 0 saturated heterocycles. The maximum atomic E-state index is 2.71. The van der Waals surface area contributed by atoms with Crippen LogP contribution in [-0.2, 0) is 19.4 Å². The van der Waals surface area contributed by atoms with Crippen molar-refractivity contribution in [3.05, 3.63) is 21.4 Å². The molecule has 1 nitrogen and oxygen atoms in total. The van der Waals surface area contributed by atoms with E-state index in [1.165, 1.54) is 34.0 Å². The molecule has 0 aliphatic rings. The van der Waals surface area contributed by atoms with Gasteiger partial charge < -0.3 is 0 Å². The van der Waals surface area contributed by atoms with Crippen LogP contribution < -0.4 is 5.44 Å². The Bertz CT molecular complexity index is 307. The minimum atomic E-state index is 1.23. The Morgan fingerprint density at radius 1 is 1.60 bits per heavy atom. The van der Waals surface area contributed by atoms with Crippen molar-refractivity contribution in [3.63, 3.8) is 0 Å². The van der Waals surface area contributed by atoms with Crippen molar-refractivity contribution in [1.29, 1.82) is 0 Å². The molecule has 10 heavy (non-hydrogen) atoms. The zero-order valence-corrected chi connectivity index (χ0v) is 11.7. The molecule has 4 heteroatoms. The summed E-state index contributed by atoms with van der Waals surface area (Å²) >= 11 is 3.83. The van der Waals surface area contributed by atoms with E-state index >= 15 is 0 Å². The molecule has 0 spiro atoms. The van der Waals surface area contributed by atoms with Gasteiger partial charge in [0.25, 0.3) is 0 Å². The Morgan fingerprint density at radius 2 is 2.20 bits per heavy atom. The predicted octanol–water partition coefficient (Wildman–Crippen LogP) is 1.57. The van der Waals surface area contributed by atoms with Crippen LogP contribution >= 0.6 is 32.1 Å². The first-order valence-electron chi connectivity index (χ1n) is 2.77. The second kappa shape index (κ2) is 3.60. The van der Waals surface area contributed by atoms with Crippen LogP contribution in [0.2, 0.25) is 0 Å². The zero-order valence-electron chi connectivity index (χ0n) is 5.47. The van der Waals surface area contributed by atoms with Crippen LogP contribution in [0.25, 0.3) is 0 Å². The molecule has 0 aliphatic heterocycles. The summed E-state index contributed by atoms with van der Waals surface area (Å²) in [6.07, 6.45) is 0. The molecule has 0 amide bonds. The number of nitrogens with zero attached hydrogens (tertiary/aromatic N) is 1. The van der Waals surface area contributed by atoms with Gasteiger partial charge in [-0.3, -0.25) is 0 Å². The molecule has 1 atom stereocenters. The fourth-order valence-corrected chi connectivity index (χ4v) is 2.38. The van der Waals surface area contributed by atoms with E-state index in [0.29, 0.717) is 0 Å². The number of hydrogen-bond acceptors (Lipinski definition) is 0. The molecule has 1 rings (SSSR count). The Kier molecular flexibility index (Phi) is 3.27. The second-order valence-electron chi connectivity index (χ2n) is 2.03. The molecule has 0 radical (unpaired) electrons. The first kappa shape index (κ1) is 9.09. The minimum absolute atomic E-state index is 1.23. The molecular formula is C6H7INPW. The van der Waals surface area contributed by atoms with Crippen molar-refractivity contribution in [2.24, 2.45) is 0 Å². The van der Waals surface area contributed by atoms with Crippen molar-refractivity contribution < 1.29 is 19.4 Å². The summed E-state index contributed by atoms with van der Waals surface area (Å²) in [5.74, 6) is 0. The summed E-state index contributed by atoms with van der Waals surface area (Å²) in [5, 5.41) is 0. The molecule has 0 saturated carbocycles. The van der Waals surface area contributed by atoms with Gasteiger partial charge in [0.1, 0.15) is 0 Å². The van der Waals surface area contributed by atoms with Gasteiger partial charge in [0.05, 0.1) is 0 Å². The predicted molar refractivity (Wildman–Crippen MR) is 51.2 cm³/mol. The summed E-state index contributed by atoms with van der Waals surface area (Å²) in [6.45, 7) is 2.14. The Balaban J connectivity index is 3.50. The third-order valence-corrected chi connectivity index (χ3v) is 6.37. The Hall–Kier alpha value is 0.998. The van der Waals surface area contributed by atoms with Crippen LogP contribution in [0.1, 0.15) is 5.56 Å². The average molecular weight is 435 g/mol. The SMILES string of the molecule is Cc1ccc(P)n(I)[c]1=[W]. The third kappa shape index (κ3) is 1.78. The Morgan fingerprint density at radius 3 is 2.70 bits per heavy atom. The number of hydrogen-bond donors (Lipinski definition) is 0. The van der Waals surface area contributed by atoms with Gasteiger partial charge in [-0.15, -0.1) is 0 Å². The fraction of sp³-hybridized carbons (Fsp3) is 0.167. The molecule has 0 aliphatic carbocycles. The molecule has 0 aromatic carbocycles. The normalized spacial score (nSPS) is 9.90. The van der Waals surface area contributed by atoms with Gasteiger partial charge in [0.2, 0.25) is 0 Å². The molecule has 54 valence electrons. The molecule has 1 aromatic heterocycles. The summed E-state index contributed by atoms with van der Waals surface area (Å²) in [7, 11) is 2.71. The van der Waals surface area contributed by atoms with Gasteiger partial charge in [-0.05, 0) is 0 Å². The van der Waals surface area contributed by atoms with E-state index in [1.54, 1.807) is 0 Å². The standard InChI is InChI=1S/C6H7INP.W/c1-5-2-3-6(9)8(7)4-5;/h2-3H,9H2,1H3;. The molecular weight excluding hydrogens is 428 g/mol.